The molecule has 0 aliphatic carbocycles. The molecule has 1 fully saturated rings. The number of amides is 1. The van der Waals surface area contributed by atoms with E-state index in [4.69, 9.17) is 5.11 Å². The van der Waals surface area contributed by atoms with Gasteiger partial charge in [-0.25, -0.2) is 4.79 Å². The van der Waals surface area contributed by atoms with Crippen molar-refractivity contribution < 1.29 is 14.7 Å². The number of aromatic carboxylic acids is 1. The lowest BCUT2D eigenvalue weighted by atomic mass is 10.2. The molecule has 1 aliphatic heterocycles. The van der Waals surface area contributed by atoms with Crippen molar-refractivity contribution in [1.82, 2.24) is 5.32 Å². The Balaban J connectivity index is 2.11. The number of carbonyl (C=O) groups is 2. The van der Waals surface area contributed by atoms with E-state index in [1.807, 2.05) is 0 Å². The lowest BCUT2D eigenvalue weighted by Crippen LogP contribution is -2.35. The van der Waals surface area contributed by atoms with Gasteiger partial charge in [0.15, 0.2) is 0 Å². The molecular weight excluding hydrogens is 300 g/mol. The summed E-state index contributed by atoms with van der Waals surface area (Å²) in [4.78, 5) is 22.8. The van der Waals surface area contributed by atoms with Gasteiger partial charge in [-0.15, -0.1) is 0 Å². The first-order valence-electron chi connectivity index (χ1n) is 5.65. The van der Waals surface area contributed by atoms with E-state index >= 15 is 0 Å². The summed E-state index contributed by atoms with van der Waals surface area (Å²) in [5, 5.41) is 14.8. The smallest absolute Gasteiger partial charge is 0.336 e. The zero-order valence-electron chi connectivity index (χ0n) is 9.57. The molecular formula is C12H13BrN2O3. The second-order valence-electron chi connectivity index (χ2n) is 4.14. The number of carboxylic acid groups (broad SMARTS) is 1. The van der Waals surface area contributed by atoms with Gasteiger partial charge < -0.3 is 15.7 Å². The molecule has 0 bridgehead atoms. The Labute approximate surface area is 113 Å². The topological polar surface area (TPSA) is 78.4 Å². The molecule has 1 amide bonds. The SMILES string of the molecule is O=C(O)c1cc(NC(=O)[C@H]2CCCN2)ccc1Br. The van der Waals surface area contributed by atoms with E-state index in [1.165, 1.54) is 6.07 Å². The van der Waals surface area contributed by atoms with Crippen LogP contribution >= 0.6 is 15.9 Å². The van der Waals surface area contributed by atoms with Crippen molar-refractivity contribution in [2.45, 2.75) is 18.9 Å². The van der Waals surface area contributed by atoms with Gasteiger partial charge in [-0.2, -0.15) is 0 Å². The molecule has 1 aromatic carbocycles. The molecule has 1 aromatic rings. The summed E-state index contributed by atoms with van der Waals surface area (Å²) < 4.78 is 0.493. The average Bonchev–Trinajstić information content (AvgIpc) is 2.85. The Hall–Kier alpha value is -1.40. The summed E-state index contributed by atoms with van der Waals surface area (Å²) in [5.74, 6) is -1.15. The van der Waals surface area contributed by atoms with E-state index in [0.29, 0.717) is 10.2 Å². The van der Waals surface area contributed by atoms with Crippen LogP contribution in [0.25, 0.3) is 0 Å². The van der Waals surface area contributed by atoms with Crippen LogP contribution in [0.3, 0.4) is 0 Å². The molecule has 18 heavy (non-hydrogen) atoms. The van der Waals surface area contributed by atoms with Crippen molar-refractivity contribution in [3.8, 4) is 0 Å². The van der Waals surface area contributed by atoms with E-state index < -0.39 is 5.97 Å². The predicted octanol–water partition coefficient (Wildman–Crippen LogP) is 1.84. The maximum atomic E-state index is 11.8. The highest BCUT2D eigenvalue weighted by Gasteiger charge is 2.22. The fourth-order valence-electron chi connectivity index (χ4n) is 1.90. The zero-order chi connectivity index (χ0) is 13.1. The monoisotopic (exact) mass is 312 g/mol. The minimum atomic E-state index is -1.03. The maximum Gasteiger partial charge on any atom is 0.336 e. The molecule has 0 aromatic heterocycles. The van der Waals surface area contributed by atoms with Crippen LogP contribution in [-0.4, -0.2) is 29.6 Å². The number of halogens is 1. The van der Waals surface area contributed by atoms with Gasteiger partial charge in [0.05, 0.1) is 11.6 Å². The van der Waals surface area contributed by atoms with Crippen LogP contribution in [-0.2, 0) is 4.79 Å². The van der Waals surface area contributed by atoms with Crippen LogP contribution in [0.2, 0.25) is 0 Å². The molecule has 1 aliphatic rings. The lowest BCUT2D eigenvalue weighted by molar-refractivity contribution is -0.117. The highest BCUT2D eigenvalue weighted by atomic mass is 79.9. The average molecular weight is 313 g/mol. The Morgan fingerprint density at radius 3 is 2.83 bits per heavy atom. The van der Waals surface area contributed by atoms with Crippen molar-refractivity contribution >= 4 is 33.5 Å². The van der Waals surface area contributed by atoms with Gasteiger partial charge in [-0.1, -0.05) is 0 Å². The summed E-state index contributed by atoms with van der Waals surface area (Å²) in [6.45, 7) is 0.846. The number of carbonyl (C=O) groups excluding carboxylic acids is 1. The molecule has 0 unspecified atom stereocenters. The van der Waals surface area contributed by atoms with Gasteiger partial charge in [0.2, 0.25) is 5.91 Å². The fraction of sp³-hybridized carbons (Fsp3) is 0.333. The largest absolute Gasteiger partial charge is 0.478 e. The van der Waals surface area contributed by atoms with Gasteiger partial charge >= 0.3 is 5.97 Å². The fourth-order valence-corrected chi connectivity index (χ4v) is 2.32. The minimum absolute atomic E-state index is 0.119. The molecule has 1 saturated heterocycles. The number of rotatable bonds is 3. The second kappa shape index (κ2) is 5.49. The van der Waals surface area contributed by atoms with E-state index in [9.17, 15) is 9.59 Å². The predicted molar refractivity (Wildman–Crippen MR) is 70.8 cm³/mol. The number of anilines is 1. The van der Waals surface area contributed by atoms with Crippen LogP contribution in [0.4, 0.5) is 5.69 Å². The summed E-state index contributed by atoms with van der Waals surface area (Å²) in [6, 6.07) is 4.55. The van der Waals surface area contributed by atoms with Crippen LogP contribution in [0, 0.1) is 0 Å². The normalized spacial score (nSPS) is 18.6. The quantitative estimate of drug-likeness (QED) is 0.795. The molecule has 0 spiro atoms. The van der Waals surface area contributed by atoms with Gasteiger partial charge in [-0.05, 0) is 53.5 Å². The third-order valence-electron chi connectivity index (χ3n) is 2.84. The van der Waals surface area contributed by atoms with Crippen molar-refractivity contribution in [2.75, 3.05) is 11.9 Å². The summed E-state index contributed by atoms with van der Waals surface area (Å²) in [7, 11) is 0. The van der Waals surface area contributed by atoms with Crippen LogP contribution in [0.1, 0.15) is 23.2 Å². The molecule has 0 radical (unpaired) electrons. The first kappa shape index (κ1) is 13.0. The molecule has 3 N–H and O–H groups in total. The number of nitrogens with one attached hydrogen (secondary N) is 2. The molecule has 5 nitrogen and oxygen atoms in total. The number of hydrogen-bond donors (Lipinski definition) is 3. The van der Waals surface area contributed by atoms with Gasteiger partial charge in [-0.3, -0.25) is 4.79 Å². The Bertz CT molecular complexity index is 484. The standard InChI is InChI=1S/C12H13BrN2O3/c13-9-4-3-7(6-8(9)12(17)18)15-11(16)10-2-1-5-14-10/h3-4,6,10,14H,1-2,5H2,(H,15,16)(H,17,18)/t10-/m1/s1. The maximum absolute atomic E-state index is 11.8. The van der Waals surface area contributed by atoms with Crippen molar-refractivity contribution in [3.63, 3.8) is 0 Å². The first-order valence-corrected chi connectivity index (χ1v) is 6.44. The summed E-state index contributed by atoms with van der Waals surface area (Å²) in [6.07, 6.45) is 1.80. The van der Waals surface area contributed by atoms with Gasteiger partial charge in [0.1, 0.15) is 0 Å². The number of benzene rings is 1. The van der Waals surface area contributed by atoms with Crippen molar-refractivity contribution in [2.24, 2.45) is 0 Å². The van der Waals surface area contributed by atoms with Crippen LogP contribution in [0.5, 0.6) is 0 Å². The molecule has 6 heteroatoms. The molecule has 0 saturated carbocycles. The minimum Gasteiger partial charge on any atom is -0.478 e. The zero-order valence-corrected chi connectivity index (χ0v) is 11.2. The Kier molecular flexibility index (Phi) is 3.98. The third-order valence-corrected chi connectivity index (χ3v) is 3.53. The highest BCUT2D eigenvalue weighted by molar-refractivity contribution is 9.10. The Morgan fingerprint density at radius 2 is 2.22 bits per heavy atom. The molecule has 2 rings (SSSR count). The second-order valence-corrected chi connectivity index (χ2v) is 4.99. The van der Waals surface area contributed by atoms with E-state index in [0.717, 1.165) is 19.4 Å². The van der Waals surface area contributed by atoms with E-state index in [1.54, 1.807) is 12.1 Å². The molecule has 1 atom stereocenters. The van der Waals surface area contributed by atoms with Crippen molar-refractivity contribution in [3.05, 3.63) is 28.2 Å². The van der Waals surface area contributed by atoms with E-state index in [2.05, 4.69) is 26.6 Å². The first-order chi connectivity index (χ1) is 8.58. The van der Waals surface area contributed by atoms with Crippen LogP contribution in [0.15, 0.2) is 22.7 Å². The van der Waals surface area contributed by atoms with Gasteiger partial charge in [0.25, 0.3) is 0 Å². The third kappa shape index (κ3) is 2.88. The highest BCUT2D eigenvalue weighted by Crippen LogP contribution is 2.21. The molecule has 1 heterocycles. The Morgan fingerprint density at radius 1 is 1.44 bits per heavy atom. The number of hydrogen-bond acceptors (Lipinski definition) is 3. The van der Waals surface area contributed by atoms with E-state index in [-0.39, 0.29) is 17.5 Å². The van der Waals surface area contributed by atoms with Crippen LogP contribution < -0.4 is 10.6 Å². The van der Waals surface area contributed by atoms with Crippen molar-refractivity contribution in [1.29, 1.82) is 0 Å². The number of carboxylic acids is 1. The summed E-state index contributed by atoms with van der Waals surface area (Å²) >= 11 is 3.16. The van der Waals surface area contributed by atoms with Gasteiger partial charge in [0, 0.05) is 10.2 Å². The molecule has 96 valence electrons. The lowest BCUT2D eigenvalue weighted by Gasteiger charge is -2.11. The summed E-state index contributed by atoms with van der Waals surface area (Å²) in [5.41, 5.74) is 0.626.